The molecule has 2 aromatic carbocycles. The van der Waals surface area contributed by atoms with E-state index in [0.29, 0.717) is 23.7 Å². The molecule has 0 aromatic heterocycles. The highest BCUT2D eigenvalue weighted by atomic mass is 15.4. The second-order valence-electron chi connectivity index (χ2n) is 9.72. The number of benzene rings is 2. The van der Waals surface area contributed by atoms with E-state index >= 15 is 0 Å². The van der Waals surface area contributed by atoms with Crippen LogP contribution < -0.4 is 9.80 Å². The van der Waals surface area contributed by atoms with Crippen molar-refractivity contribution < 1.29 is 0 Å². The summed E-state index contributed by atoms with van der Waals surface area (Å²) in [5.41, 5.74) is 7.94. The molecule has 0 bridgehead atoms. The molecule has 0 fully saturated rings. The van der Waals surface area contributed by atoms with Gasteiger partial charge >= 0.3 is 0 Å². The molecule has 0 unspecified atom stereocenters. The van der Waals surface area contributed by atoms with Crippen LogP contribution in [0.25, 0.3) is 0 Å². The van der Waals surface area contributed by atoms with Crippen LogP contribution in [0.5, 0.6) is 0 Å². The molecule has 2 heteroatoms. The van der Waals surface area contributed by atoms with Crippen molar-refractivity contribution in [2.45, 2.75) is 85.2 Å². The summed E-state index contributed by atoms with van der Waals surface area (Å²) in [4.78, 5) is 4.54. The molecule has 0 amide bonds. The summed E-state index contributed by atoms with van der Waals surface area (Å²) in [5.74, 6) is 1.73. The summed E-state index contributed by atoms with van der Waals surface area (Å²) in [6.07, 6.45) is 4.07. The van der Waals surface area contributed by atoms with Crippen molar-refractivity contribution in [3.8, 4) is 0 Å². The third-order valence-electron chi connectivity index (χ3n) is 6.16. The summed E-state index contributed by atoms with van der Waals surface area (Å²) in [5, 5.41) is 0. The van der Waals surface area contributed by atoms with Crippen LogP contribution in [0.4, 0.5) is 11.4 Å². The lowest BCUT2D eigenvalue weighted by molar-refractivity contribution is 0.753. The predicted octanol–water partition coefficient (Wildman–Crippen LogP) is 8.02. The highest BCUT2D eigenvalue weighted by molar-refractivity contribution is 5.72. The highest BCUT2D eigenvalue weighted by Crippen LogP contribution is 2.42. The first kappa shape index (κ1) is 22.5. The molecule has 0 atom stereocenters. The summed E-state index contributed by atoms with van der Waals surface area (Å²) >= 11 is 0. The van der Waals surface area contributed by atoms with Crippen molar-refractivity contribution in [2.24, 2.45) is 0 Å². The van der Waals surface area contributed by atoms with Gasteiger partial charge in [0.2, 0.25) is 0 Å². The highest BCUT2D eigenvalue weighted by Gasteiger charge is 2.31. The molecule has 160 valence electrons. The Kier molecular flexibility index (Phi) is 6.65. The Morgan fingerprint density at radius 2 is 0.833 bits per heavy atom. The predicted molar refractivity (Wildman–Crippen MR) is 131 cm³/mol. The van der Waals surface area contributed by atoms with Gasteiger partial charge in [0.15, 0.2) is 0 Å². The fourth-order valence-electron chi connectivity index (χ4n) is 4.49. The lowest BCUT2D eigenvalue weighted by Gasteiger charge is -2.36. The lowest BCUT2D eigenvalue weighted by Crippen LogP contribution is -2.38. The lowest BCUT2D eigenvalue weighted by atomic mass is 9.91. The van der Waals surface area contributed by atoms with Crippen molar-refractivity contribution in [3.05, 3.63) is 78.0 Å². The van der Waals surface area contributed by atoms with Crippen LogP contribution in [0.1, 0.15) is 101 Å². The number of hydrogen-bond acceptors (Lipinski definition) is 2. The monoisotopic (exact) mass is 402 g/mol. The van der Waals surface area contributed by atoms with Crippen molar-refractivity contribution in [1.82, 2.24) is 0 Å². The fourth-order valence-corrected chi connectivity index (χ4v) is 4.49. The minimum atomic E-state index is -0.264. The molecule has 0 spiro atoms. The van der Waals surface area contributed by atoms with Gasteiger partial charge in [0, 0.05) is 30.7 Å². The number of hydrogen-bond donors (Lipinski definition) is 0. The Balaban J connectivity index is 2.12. The maximum atomic E-state index is 6.95. The quantitative estimate of drug-likeness (QED) is 0.482. The first-order valence-electron chi connectivity index (χ1n) is 11.4. The van der Waals surface area contributed by atoms with Gasteiger partial charge in [-0.25, -0.2) is 0 Å². The summed E-state index contributed by atoms with van der Waals surface area (Å²) < 4.78 is 0. The Morgan fingerprint density at radius 3 is 1.07 bits per heavy atom. The summed E-state index contributed by atoms with van der Waals surface area (Å²) in [6, 6.07) is 13.4. The van der Waals surface area contributed by atoms with E-state index in [1.54, 1.807) is 0 Å². The van der Waals surface area contributed by atoms with Gasteiger partial charge in [-0.1, -0.05) is 91.8 Å². The minimum Gasteiger partial charge on any atom is -0.324 e. The molecule has 1 heterocycles. The topological polar surface area (TPSA) is 6.48 Å². The van der Waals surface area contributed by atoms with Gasteiger partial charge < -0.3 is 9.80 Å². The fraction of sp³-hybridized carbons (Fsp3) is 0.464. The van der Waals surface area contributed by atoms with Crippen LogP contribution >= 0.6 is 0 Å². The van der Waals surface area contributed by atoms with Crippen molar-refractivity contribution in [2.75, 3.05) is 9.80 Å². The Morgan fingerprint density at radius 1 is 0.567 bits per heavy atom. The zero-order chi connectivity index (χ0) is 22.2. The van der Waals surface area contributed by atoms with E-state index in [-0.39, 0.29) is 6.17 Å². The third-order valence-corrected chi connectivity index (χ3v) is 6.16. The zero-order valence-corrected chi connectivity index (χ0v) is 20.0. The van der Waals surface area contributed by atoms with Gasteiger partial charge in [-0.15, -0.1) is 0 Å². The zero-order valence-electron chi connectivity index (χ0n) is 20.0. The molecule has 2 nitrogen and oxygen atoms in total. The summed E-state index contributed by atoms with van der Waals surface area (Å²) in [7, 11) is 0. The molecule has 0 saturated carbocycles. The molecule has 1 aliphatic rings. The second-order valence-corrected chi connectivity index (χ2v) is 9.72. The van der Waals surface area contributed by atoms with E-state index < -0.39 is 0 Å². The van der Waals surface area contributed by atoms with Crippen molar-refractivity contribution in [1.29, 1.82) is 0 Å². The molecule has 2 aromatic rings. The average Bonchev–Trinajstić information content (AvgIpc) is 3.07. The average molecular weight is 403 g/mol. The number of anilines is 2. The third kappa shape index (κ3) is 4.02. The van der Waals surface area contributed by atoms with E-state index in [0.717, 1.165) is 0 Å². The molecule has 0 saturated heterocycles. The van der Waals surface area contributed by atoms with E-state index in [9.17, 15) is 0 Å². The summed E-state index contributed by atoms with van der Waals surface area (Å²) in [6.45, 7) is 25.0. The van der Waals surface area contributed by atoms with Crippen LogP contribution in [0.3, 0.4) is 0 Å². The molecule has 3 rings (SSSR count). The first-order valence-corrected chi connectivity index (χ1v) is 11.4. The van der Waals surface area contributed by atoms with Crippen LogP contribution in [0.2, 0.25) is 0 Å². The largest absolute Gasteiger partial charge is 0.324 e. The minimum absolute atomic E-state index is 0.264. The SMILES string of the molecule is [CH]C1N(c2c(C(C)C)cccc2C(C)C)C=CN1c1c(C(C)C)cccc1C(C)C. The number of nitrogens with zero attached hydrogens (tertiary/aromatic N) is 2. The molecular formula is C28H38N2. The number of para-hydroxylation sites is 2. The van der Waals surface area contributed by atoms with Gasteiger partial charge in [-0.2, -0.15) is 0 Å². The van der Waals surface area contributed by atoms with Crippen LogP contribution in [0, 0.1) is 6.92 Å². The van der Waals surface area contributed by atoms with E-state index in [4.69, 9.17) is 6.92 Å². The maximum absolute atomic E-state index is 6.95. The van der Waals surface area contributed by atoms with Crippen LogP contribution in [0.15, 0.2) is 48.8 Å². The standard InChI is InChI=1S/C28H38N2/c1-18(2)23-12-10-13-24(19(3)4)27(23)29-16-17-30(22(29)9)28-25(20(5)6)14-11-15-26(28)21(7)8/h9-22H,1-8H3. The van der Waals surface area contributed by atoms with Gasteiger partial charge in [0.25, 0.3) is 0 Å². The van der Waals surface area contributed by atoms with Gasteiger partial charge in [0.05, 0.1) is 0 Å². The van der Waals surface area contributed by atoms with Crippen LogP contribution in [-0.4, -0.2) is 6.17 Å². The maximum Gasteiger partial charge on any atom is 0.114 e. The Hall–Kier alpha value is -2.22. The van der Waals surface area contributed by atoms with Gasteiger partial charge in [0.1, 0.15) is 6.17 Å². The molecule has 2 radical (unpaired) electrons. The van der Waals surface area contributed by atoms with Crippen molar-refractivity contribution >= 4 is 11.4 Å². The van der Waals surface area contributed by atoms with Crippen LogP contribution in [-0.2, 0) is 0 Å². The van der Waals surface area contributed by atoms with Gasteiger partial charge in [-0.05, 0) is 45.9 Å². The molecule has 0 N–H and O–H groups in total. The van der Waals surface area contributed by atoms with Crippen molar-refractivity contribution in [3.63, 3.8) is 0 Å². The van der Waals surface area contributed by atoms with E-state index in [2.05, 4.69) is 114 Å². The Labute approximate surface area is 184 Å². The smallest absolute Gasteiger partial charge is 0.114 e. The van der Waals surface area contributed by atoms with Gasteiger partial charge in [-0.3, -0.25) is 0 Å². The van der Waals surface area contributed by atoms with E-state index in [1.165, 1.54) is 33.6 Å². The number of rotatable bonds is 6. The van der Waals surface area contributed by atoms with E-state index in [1.807, 2.05) is 0 Å². The second kappa shape index (κ2) is 8.88. The first-order chi connectivity index (χ1) is 14.1. The molecular weight excluding hydrogens is 364 g/mol. The molecule has 0 aliphatic carbocycles. The normalized spacial score (nSPS) is 15.0. The molecule has 1 aliphatic heterocycles. The Bertz CT molecular complexity index is 779. The molecule has 30 heavy (non-hydrogen) atoms.